The summed E-state index contributed by atoms with van der Waals surface area (Å²) in [4.78, 5) is 55.3. The molecule has 0 fully saturated rings. The lowest BCUT2D eigenvalue weighted by molar-refractivity contribution is -0.385. The van der Waals surface area contributed by atoms with Crippen LogP contribution in [-0.2, 0) is 14.3 Å². The summed E-state index contributed by atoms with van der Waals surface area (Å²) in [5, 5.41) is 25.9. The number of rotatable bonds is 8. The van der Waals surface area contributed by atoms with Crippen molar-refractivity contribution in [1.29, 1.82) is 0 Å². The molecule has 2 amide bonds. The quantitative estimate of drug-likeness (QED) is 0.379. The number of nitro benzene ring substituents is 2. The number of hydrogen-bond donors (Lipinski definition) is 2. The highest BCUT2D eigenvalue weighted by Gasteiger charge is 2.14. The number of nitrogens with zero attached hydrogens (tertiary/aromatic N) is 2. The van der Waals surface area contributed by atoms with Gasteiger partial charge in [0.25, 0.3) is 23.2 Å². The Balaban J connectivity index is 1.77. The maximum absolute atomic E-state index is 11.9. The van der Waals surface area contributed by atoms with Gasteiger partial charge in [0.1, 0.15) is 6.54 Å². The van der Waals surface area contributed by atoms with Gasteiger partial charge in [0.05, 0.1) is 9.85 Å². The third kappa shape index (κ3) is 6.39. The van der Waals surface area contributed by atoms with Gasteiger partial charge in [0, 0.05) is 35.5 Å². The molecule has 0 bridgehead atoms. The molecule has 29 heavy (non-hydrogen) atoms. The molecule has 0 spiro atoms. The number of ether oxygens (including phenoxy) is 1. The van der Waals surface area contributed by atoms with E-state index < -0.39 is 40.8 Å². The number of nitrogens with one attached hydrogen (secondary N) is 2. The molecule has 0 saturated heterocycles. The molecule has 0 saturated carbocycles. The average molecular weight is 402 g/mol. The molecule has 0 aliphatic heterocycles. The maximum Gasteiger partial charge on any atom is 0.325 e. The minimum atomic E-state index is -0.900. The average Bonchev–Trinajstić information content (AvgIpc) is 2.70. The minimum Gasteiger partial charge on any atom is -0.454 e. The lowest BCUT2D eigenvalue weighted by Crippen LogP contribution is -2.32. The summed E-state index contributed by atoms with van der Waals surface area (Å²) in [6, 6.07) is 9.97. The first-order valence-corrected chi connectivity index (χ1v) is 7.99. The van der Waals surface area contributed by atoms with E-state index in [-0.39, 0.29) is 22.6 Å². The molecule has 0 aliphatic carbocycles. The number of carbonyl (C=O) groups is 3. The Morgan fingerprint density at radius 3 is 2.21 bits per heavy atom. The third-order valence-corrected chi connectivity index (χ3v) is 3.44. The Labute approximate surface area is 162 Å². The van der Waals surface area contributed by atoms with Crippen molar-refractivity contribution in [3.63, 3.8) is 0 Å². The van der Waals surface area contributed by atoms with Gasteiger partial charge in [0.2, 0.25) is 0 Å². The predicted octanol–water partition coefficient (Wildman–Crippen LogP) is 1.41. The van der Waals surface area contributed by atoms with Gasteiger partial charge >= 0.3 is 5.97 Å². The van der Waals surface area contributed by atoms with Crippen molar-refractivity contribution in [2.75, 3.05) is 18.5 Å². The van der Waals surface area contributed by atoms with E-state index in [4.69, 9.17) is 4.74 Å². The number of non-ortho nitro benzene ring substituents is 2. The molecule has 0 radical (unpaired) electrons. The van der Waals surface area contributed by atoms with Gasteiger partial charge in [-0.3, -0.25) is 34.6 Å². The zero-order valence-electron chi connectivity index (χ0n) is 14.7. The fourth-order valence-corrected chi connectivity index (χ4v) is 2.08. The van der Waals surface area contributed by atoms with Crippen LogP contribution in [0.2, 0.25) is 0 Å². The second-order valence-electron chi connectivity index (χ2n) is 5.50. The Hall–Kier alpha value is -4.35. The summed E-state index contributed by atoms with van der Waals surface area (Å²) < 4.78 is 4.70. The van der Waals surface area contributed by atoms with Gasteiger partial charge in [-0.2, -0.15) is 0 Å². The van der Waals surface area contributed by atoms with E-state index >= 15 is 0 Å². The molecule has 12 heteroatoms. The molecule has 0 atom stereocenters. The van der Waals surface area contributed by atoms with Crippen LogP contribution >= 0.6 is 0 Å². The molecule has 2 aromatic rings. The predicted molar refractivity (Wildman–Crippen MR) is 98.1 cm³/mol. The van der Waals surface area contributed by atoms with Crippen LogP contribution in [0.4, 0.5) is 17.1 Å². The maximum atomic E-state index is 11.9. The van der Waals surface area contributed by atoms with Crippen LogP contribution < -0.4 is 10.6 Å². The largest absolute Gasteiger partial charge is 0.454 e. The summed E-state index contributed by atoms with van der Waals surface area (Å²) in [6.45, 7) is -1.19. The Kier molecular flexibility index (Phi) is 6.90. The highest BCUT2D eigenvalue weighted by Crippen LogP contribution is 2.15. The number of anilines is 1. The van der Waals surface area contributed by atoms with Gasteiger partial charge in [-0.15, -0.1) is 0 Å². The molecule has 0 aromatic heterocycles. The first kappa shape index (κ1) is 21.0. The lowest BCUT2D eigenvalue weighted by Gasteiger charge is -2.07. The van der Waals surface area contributed by atoms with Crippen LogP contribution in [0.3, 0.4) is 0 Å². The zero-order chi connectivity index (χ0) is 21.4. The summed E-state index contributed by atoms with van der Waals surface area (Å²) in [7, 11) is 0. The fraction of sp³-hybridized carbons (Fsp3) is 0.118. The van der Waals surface area contributed by atoms with E-state index in [1.54, 1.807) is 0 Å². The van der Waals surface area contributed by atoms with Crippen molar-refractivity contribution in [3.05, 3.63) is 74.3 Å². The summed E-state index contributed by atoms with van der Waals surface area (Å²) in [5.41, 5.74) is -0.157. The topological polar surface area (TPSA) is 171 Å². The molecule has 12 nitrogen and oxygen atoms in total. The molecule has 2 aromatic carbocycles. The molecular weight excluding hydrogens is 388 g/mol. The minimum absolute atomic E-state index is 0.0112. The fourth-order valence-electron chi connectivity index (χ4n) is 2.08. The smallest absolute Gasteiger partial charge is 0.325 e. The number of benzene rings is 2. The van der Waals surface area contributed by atoms with E-state index in [2.05, 4.69) is 10.6 Å². The number of hydrogen-bond acceptors (Lipinski definition) is 8. The number of carbonyl (C=O) groups excluding carboxylic acids is 3. The van der Waals surface area contributed by atoms with Gasteiger partial charge in [-0.05, 0) is 18.2 Å². The van der Waals surface area contributed by atoms with Gasteiger partial charge in [-0.1, -0.05) is 6.07 Å². The van der Waals surface area contributed by atoms with Crippen LogP contribution in [-0.4, -0.2) is 40.8 Å². The first-order valence-electron chi connectivity index (χ1n) is 7.99. The van der Waals surface area contributed by atoms with Crippen molar-refractivity contribution in [1.82, 2.24) is 5.32 Å². The second-order valence-corrected chi connectivity index (χ2v) is 5.50. The van der Waals surface area contributed by atoms with Gasteiger partial charge in [-0.25, -0.2) is 0 Å². The van der Waals surface area contributed by atoms with Crippen molar-refractivity contribution in [2.45, 2.75) is 0 Å². The summed E-state index contributed by atoms with van der Waals surface area (Å²) >= 11 is 0. The SMILES string of the molecule is O=C(COC(=O)CNC(=O)c1cccc([N+](=O)[O-])c1)Nc1ccc([N+](=O)[O-])cc1. The highest BCUT2D eigenvalue weighted by atomic mass is 16.6. The summed E-state index contributed by atoms with van der Waals surface area (Å²) in [5.74, 6) is -2.30. The third-order valence-electron chi connectivity index (χ3n) is 3.44. The van der Waals surface area contributed by atoms with Crippen LogP contribution in [0.25, 0.3) is 0 Å². The highest BCUT2D eigenvalue weighted by molar-refractivity contribution is 5.97. The first-order chi connectivity index (χ1) is 13.8. The van der Waals surface area contributed by atoms with Crippen LogP contribution in [0, 0.1) is 20.2 Å². The Morgan fingerprint density at radius 2 is 1.59 bits per heavy atom. The van der Waals surface area contributed by atoms with E-state index in [0.29, 0.717) is 0 Å². The summed E-state index contributed by atoms with van der Waals surface area (Å²) in [6.07, 6.45) is 0. The second kappa shape index (κ2) is 9.55. The van der Waals surface area contributed by atoms with E-state index in [1.165, 1.54) is 42.5 Å². The number of esters is 1. The molecule has 0 unspecified atom stereocenters. The Morgan fingerprint density at radius 1 is 0.931 bits per heavy atom. The molecule has 0 aliphatic rings. The molecular formula is C17H14N4O8. The van der Waals surface area contributed by atoms with Crippen molar-refractivity contribution in [2.24, 2.45) is 0 Å². The van der Waals surface area contributed by atoms with Crippen LogP contribution in [0.1, 0.15) is 10.4 Å². The van der Waals surface area contributed by atoms with E-state index in [1.807, 2.05) is 0 Å². The van der Waals surface area contributed by atoms with Crippen LogP contribution in [0.15, 0.2) is 48.5 Å². The zero-order valence-corrected chi connectivity index (χ0v) is 14.7. The molecule has 0 heterocycles. The number of nitro groups is 2. The van der Waals surface area contributed by atoms with Crippen molar-refractivity contribution >= 4 is 34.8 Å². The monoisotopic (exact) mass is 402 g/mol. The lowest BCUT2D eigenvalue weighted by atomic mass is 10.2. The standard InChI is InChI=1S/C17H14N4O8/c22-15(19-12-4-6-13(7-5-12)20(25)26)10-29-16(23)9-18-17(24)11-2-1-3-14(8-11)21(27)28/h1-8H,9-10H2,(H,18,24)(H,19,22). The normalized spacial score (nSPS) is 9.93. The van der Waals surface area contributed by atoms with Gasteiger partial charge in [0.15, 0.2) is 6.61 Å². The van der Waals surface area contributed by atoms with E-state index in [0.717, 1.165) is 6.07 Å². The molecule has 150 valence electrons. The van der Waals surface area contributed by atoms with Crippen LogP contribution in [0.5, 0.6) is 0 Å². The van der Waals surface area contributed by atoms with Gasteiger partial charge < -0.3 is 15.4 Å². The molecule has 2 N–H and O–H groups in total. The van der Waals surface area contributed by atoms with Crippen molar-refractivity contribution < 1.29 is 29.0 Å². The van der Waals surface area contributed by atoms with Crippen molar-refractivity contribution in [3.8, 4) is 0 Å². The Bertz CT molecular complexity index is 958. The number of amides is 2. The van der Waals surface area contributed by atoms with E-state index in [9.17, 15) is 34.6 Å². The molecule has 2 rings (SSSR count).